The first-order valence-electron chi connectivity index (χ1n) is 6.79. The van der Waals surface area contributed by atoms with Gasteiger partial charge in [0.15, 0.2) is 5.65 Å². The van der Waals surface area contributed by atoms with Crippen molar-refractivity contribution in [2.45, 2.75) is 13.0 Å². The van der Waals surface area contributed by atoms with Crippen molar-refractivity contribution in [2.24, 2.45) is 0 Å². The molecule has 1 aliphatic heterocycles. The van der Waals surface area contributed by atoms with Gasteiger partial charge < -0.3 is 10.1 Å². The van der Waals surface area contributed by atoms with Gasteiger partial charge in [-0.3, -0.25) is 4.90 Å². The topological polar surface area (TPSA) is 54.7 Å². The maximum absolute atomic E-state index is 5.93. The predicted molar refractivity (Wildman–Crippen MR) is 78.3 cm³/mol. The molecule has 1 aliphatic rings. The minimum absolute atomic E-state index is 0.279. The first-order valence-corrected chi connectivity index (χ1v) is 7.17. The number of hydrogen-bond donors (Lipinski definition) is 1. The maximum atomic E-state index is 5.93. The number of aromatic nitrogens is 3. The largest absolute Gasteiger partial charge is 0.379 e. The summed E-state index contributed by atoms with van der Waals surface area (Å²) in [5.74, 6) is 0.632. The van der Waals surface area contributed by atoms with Gasteiger partial charge in [-0.25, -0.2) is 4.52 Å². The van der Waals surface area contributed by atoms with Crippen LogP contribution in [0.15, 0.2) is 18.3 Å². The minimum atomic E-state index is 0.279. The number of nitrogens with one attached hydrogen (secondary N) is 1. The monoisotopic (exact) mass is 295 g/mol. The highest BCUT2D eigenvalue weighted by Gasteiger charge is 2.14. The third kappa shape index (κ3) is 3.20. The molecule has 3 rings (SSSR count). The molecule has 1 N–H and O–H groups in total. The van der Waals surface area contributed by atoms with E-state index in [0.717, 1.165) is 38.5 Å². The molecule has 20 heavy (non-hydrogen) atoms. The van der Waals surface area contributed by atoms with Gasteiger partial charge in [0.25, 0.3) is 0 Å². The summed E-state index contributed by atoms with van der Waals surface area (Å²) in [6, 6.07) is 3.95. The Morgan fingerprint density at radius 1 is 1.40 bits per heavy atom. The van der Waals surface area contributed by atoms with E-state index in [1.165, 1.54) is 0 Å². The van der Waals surface area contributed by atoms with Crippen LogP contribution >= 0.6 is 11.6 Å². The van der Waals surface area contributed by atoms with Crippen LogP contribution in [0.1, 0.15) is 6.92 Å². The number of morpholine rings is 1. The van der Waals surface area contributed by atoms with Crippen molar-refractivity contribution in [3.8, 4) is 0 Å². The van der Waals surface area contributed by atoms with E-state index in [-0.39, 0.29) is 6.04 Å². The minimum Gasteiger partial charge on any atom is -0.379 e. The van der Waals surface area contributed by atoms with Crippen molar-refractivity contribution < 1.29 is 4.74 Å². The lowest BCUT2D eigenvalue weighted by atomic mass is 10.3. The zero-order valence-corrected chi connectivity index (χ0v) is 12.2. The van der Waals surface area contributed by atoms with E-state index in [0.29, 0.717) is 11.0 Å². The fourth-order valence-corrected chi connectivity index (χ4v) is 2.51. The molecule has 1 fully saturated rings. The lowest BCUT2D eigenvalue weighted by molar-refractivity contribution is 0.0368. The highest BCUT2D eigenvalue weighted by atomic mass is 35.5. The first kappa shape index (κ1) is 13.6. The summed E-state index contributed by atoms with van der Waals surface area (Å²) < 4.78 is 7.03. The van der Waals surface area contributed by atoms with Gasteiger partial charge in [-0.15, -0.1) is 5.10 Å². The van der Waals surface area contributed by atoms with Crippen LogP contribution in [0.25, 0.3) is 5.65 Å². The molecule has 6 nitrogen and oxygen atoms in total. The maximum Gasteiger partial charge on any atom is 0.243 e. The number of hydrogen-bond acceptors (Lipinski definition) is 5. The van der Waals surface area contributed by atoms with E-state index in [4.69, 9.17) is 16.3 Å². The molecule has 108 valence electrons. The third-order valence-electron chi connectivity index (χ3n) is 3.31. The second-order valence-electron chi connectivity index (χ2n) is 5.04. The van der Waals surface area contributed by atoms with Gasteiger partial charge in [0.2, 0.25) is 5.95 Å². The van der Waals surface area contributed by atoms with Crippen molar-refractivity contribution in [3.63, 3.8) is 0 Å². The molecule has 0 amide bonds. The number of nitrogens with zero attached hydrogens (tertiary/aromatic N) is 4. The molecule has 2 aromatic rings. The molecule has 1 saturated heterocycles. The van der Waals surface area contributed by atoms with Crippen molar-refractivity contribution in [1.29, 1.82) is 0 Å². The van der Waals surface area contributed by atoms with E-state index in [1.807, 2.05) is 12.1 Å². The molecule has 0 bridgehead atoms. The molecule has 7 heteroatoms. The van der Waals surface area contributed by atoms with E-state index < -0.39 is 0 Å². The smallest absolute Gasteiger partial charge is 0.243 e. The zero-order valence-electron chi connectivity index (χ0n) is 11.4. The summed E-state index contributed by atoms with van der Waals surface area (Å²) in [6.07, 6.45) is 1.75. The Labute approximate surface area is 122 Å². The second kappa shape index (κ2) is 5.95. The van der Waals surface area contributed by atoms with Crippen LogP contribution < -0.4 is 5.32 Å². The van der Waals surface area contributed by atoms with E-state index in [2.05, 4.69) is 27.2 Å². The summed E-state index contributed by atoms with van der Waals surface area (Å²) in [5, 5.41) is 8.35. The van der Waals surface area contributed by atoms with Crippen molar-refractivity contribution >= 4 is 23.2 Å². The zero-order chi connectivity index (χ0) is 13.9. The molecule has 1 unspecified atom stereocenters. The third-order valence-corrected chi connectivity index (χ3v) is 3.53. The summed E-state index contributed by atoms with van der Waals surface area (Å²) >= 11 is 5.93. The van der Waals surface area contributed by atoms with Gasteiger partial charge in [-0.05, 0) is 19.1 Å². The number of rotatable bonds is 4. The molecular formula is C13H18ClN5O. The van der Waals surface area contributed by atoms with E-state index in [1.54, 1.807) is 10.7 Å². The molecule has 0 aromatic carbocycles. The second-order valence-corrected chi connectivity index (χ2v) is 5.48. The average molecular weight is 296 g/mol. The van der Waals surface area contributed by atoms with Crippen LogP contribution in [0.5, 0.6) is 0 Å². The standard InChI is InChI=1S/C13H18ClN5O/c1-10(8-18-4-6-20-7-5-18)15-13-16-12-3-2-11(14)9-19(12)17-13/h2-3,9-10H,4-8H2,1H3,(H,15,17). The van der Waals surface area contributed by atoms with E-state index >= 15 is 0 Å². The van der Waals surface area contributed by atoms with Crippen LogP contribution in [0.4, 0.5) is 5.95 Å². The predicted octanol–water partition coefficient (Wildman–Crippen LogP) is 1.52. The molecule has 0 radical (unpaired) electrons. The van der Waals surface area contributed by atoms with Crippen LogP contribution in [0.2, 0.25) is 5.02 Å². The highest BCUT2D eigenvalue weighted by Crippen LogP contribution is 2.12. The van der Waals surface area contributed by atoms with Gasteiger partial charge >= 0.3 is 0 Å². The summed E-state index contributed by atoms with van der Waals surface area (Å²) in [7, 11) is 0. The molecule has 0 aliphatic carbocycles. The number of ether oxygens (including phenoxy) is 1. The molecular weight excluding hydrogens is 278 g/mol. The van der Waals surface area contributed by atoms with Crippen molar-refractivity contribution in [3.05, 3.63) is 23.4 Å². The van der Waals surface area contributed by atoms with Crippen LogP contribution in [0, 0.1) is 0 Å². The Bertz CT molecular complexity index is 581. The molecule has 0 spiro atoms. The first-order chi connectivity index (χ1) is 9.70. The fraction of sp³-hybridized carbons (Fsp3) is 0.538. The quantitative estimate of drug-likeness (QED) is 0.927. The highest BCUT2D eigenvalue weighted by molar-refractivity contribution is 6.30. The Kier molecular flexibility index (Phi) is 4.05. The number of halogens is 1. The Balaban J connectivity index is 1.63. The number of fused-ring (bicyclic) bond motifs is 1. The summed E-state index contributed by atoms with van der Waals surface area (Å²) in [6.45, 7) is 6.70. The molecule has 1 atom stereocenters. The normalized spacial score (nSPS) is 18.3. The number of pyridine rings is 1. The van der Waals surface area contributed by atoms with E-state index in [9.17, 15) is 0 Å². The fourth-order valence-electron chi connectivity index (χ4n) is 2.36. The van der Waals surface area contributed by atoms with Crippen molar-refractivity contribution in [1.82, 2.24) is 19.5 Å². The average Bonchev–Trinajstić information content (AvgIpc) is 2.80. The van der Waals surface area contributed by atoms with Crippen molar-refractivity contribution in [2.75, 3.05) is 38.2 Å². The van der Waals surface area contributed by atoms with Gasteiger partial charge in [0.1, 0.15) is 0 Å². The van der Waals surface area contributed by atoms with Gasteiger partial charge in [0.05, 0.1) is 18.2 Å². The summed E-state index contributed by atoms with van der Waals surface area (Å²) in [4.78, 5) is 6.81. The summed E-state index contributed by atoms with van der Waals surface area (Å²) in [5.41, 5.74) is 0.787. The lowest BCUT2D eigenvalue weighted by Gasteiger charge is -2.29. The van der Waals surface area contributed by atoms with Crippen LogP contribution in [-0.4, -0.2) is 58.4 Å². The Morgan fingerprint density at radius 2 is 2.20 bits per heavy atom. The van der Waals surface area contributed by atoms with Gasteiger partial charge in [-0.1, -0.05) is 11.6 Å². The SMILES string of the molecule is CC(CN1CCOCC1)Nc1nc2ccc(Cl)cn2n1. The Morgan fingerprint density at radius 3 is 3.00 bits per heavy atom. The molecule has 2 aromatic heterocycles. The van der Waals surface area contributed by atoms with Gasteiger partial charge in [-0.2, -0.15) is 4.98 Å². The molecule has 3 heterocycles. The lowest BCUT2D eigenvalue weighted by Crippen LogP contribution is -2.42. The Hall–Kier alpha value is -1.37. The molecule has 0 saturated carbocycles. The number of anilines is 1. The van der Waals surface area contributed by atoms with Crippen LogP contribution in [-0.2, 0) is 4.74 Å². The van der Waals surface area contributed by atoms with Gasteiger partial charge in [0, 0.05) is 31.9 Å². The van der Waals surface area contributed by atoms with Crippen LogP contribution in [0.3, 0.4) is 0 Å².